The molecule has 0 aromatic carbocycles. The number of ether oxygens (including phenoxy) is 1. The molecular weight excluding hydrogens is 234 g/mol. The van der Waals surface area contributed by atoms with Gasteiger partial charge in [-0.2, -0.15) is 0 Å². The molecule has 0 aromatic heterocycles. The minimum Gasteiger partial charge on any atom is -0.431 e. The van der Waals surface area contributed by atoms with Gasteiger partial charge in [0.25, 0.3) is 0 Å². The zero-order valence-electron chi connectivity index (χ0n) is 11.2. The second-order valence-corrected chi connectivity index (χ2v) is 10.6. The smallest absolute Gasteiger partial charge is 0.408 e. The van der Waals surface area contributed by atoms with Crippen LogP contribution in [0, 0.1) is 12.3 Å². The van der Waals surface area contributed by atoms with Crippen LogP contribution in [0.4, 0.5) is 4.79 Å². The average Bonchev–Trinajstić information content (AvgIpc) is 2.54. The number of hydrogen-bond acceptors (Lipinski definition) is 3. The van der Waals surface area contributed by atoms with Crippen LogP contribution in [0.2, 0.25) is 18.1 Å². The van der Waals surface area contributed by atoms with Crippen molar-refractivity contribution in [1.29, 1.82) is 0 Å². The quantitative estimate of drug-likeness (QED) is 0.621. The van der Waals surface area contributed by atoms with Gasteiger partial charge in [0.1, 0.15) is 6.04 Å². The van der Waals surface area contributed by atoms with Crippen molar-refractivity contribution in [3.63, 3.8) is 0 Å². The normalized spacial score (nSPS) is 25.1. The maximum absolute atomic E-state index is 11.1. The average molecular weight is 255 g/mol. The molecule has 0 bridgehead atoms. The number of nitrogens with one attached hydrogen (secondary N) is 1. The zero-order chi connectivity index (χ0) is 13.3. The first-order chi connectivity index (χ1) is 7.67. The molecule has 0 spiro atoms. The summed E-state index contributed by atoms with van der Waals surface area (Å²) >= 11 is 0. The molecule has 2 atom stereocenters. The SMILES string of the molecule is C#C[C@@H]1OC(=O)N[C@H]1CO[Si](C)(C)C(C)(C)C. The van der Waals surface area contributed by atoms with E-state index >= 15 is 0 Å². The highest BCUT2D eigenvalue weighted by Crippen LogP contribution is 2.36. The monoisotopic (exact) mass is 255 g/mol. The molecule has 0 aliphatic carbocycles. The van der Waals surface area contributed by atoms with Crippen LogP contribution in [0.3, 0.4) is 0 Å². The van der Waals surface area contributed by atoms with Crippen molar-refractivity contribution >= 4 is 14.4 Å². The molecule has 1 N–H and O–H groups in total. The van der Waals surface area contributed by atoms with Gasteiger partial charge in [-0.1, -0.05) is 26.7 Å². The van der Waals surface area contributed by atoms with Crippen LogP contribution in [0.15, 0.2) is 0 Å². The largest absolute Gasteiger partial charge is 0.431 e. The standard InChI is InChI=1S/C12H21NO3Si/c1-7-10-9(13-11(14)16-10)8-15-17(5,6)12(2,3)4/h1,9-10H,8H2,2-6H3,(H,13,14)/t9-,10-/m0/s1. The molecule has 5 heteroatoms. The highest BCUT2D eigenvalue weighted by molar-refractivity contribution is 6.74. The Bertz CT molecular complexity index is 341. The van der Waals surface area contributed by atoms with Crippen LogP contribution < -0.4 is 5.32 Å². The minimum absolute atomic E-state index is 0.141. The van der Waals surface area contributed by atoms with Crippen molar-refractivity contribution < 1.29 is 14.0 Å². The van der Waals surface area contributed by atoms with E-state index in [1.54, 1.807) is 0 Å². The lowest BCUT2D eigenvalue weighted by Crippen LogP contribution is -2.46. The van der Waals surface area contributed by atoms with Gasteiger partial charge in [0.2, 0.25) is 0 Å². The summed E-state index contributed by atoms with van der Waals surface area (Å²) in [5, 5.41) is 2.81. The first-order valence-electron chi connectivity index (χ1n) is 5.74. The summed E-state index contributed by atoms with van der Waals surface area (Å²) < 4.78 is 10.9. The highest BCUT2D eigenvalue weighted by Gasteiger charge is 2.40. The van der Waals surface area contributed by atoms with Crippen molar-refractivity contribution in [1.82, 2.24) is 5.32 Å². The topological polar surface area (TPSA) is 47.6 Å². The Morgan fingerprint density at radius 2 is 2.12 bits per heavy atom. The molecule has 0 radical (unpaired) electrons. The second kappa shape index (κ2) is 4.71. The molecule has 1 fully saturated rings. The van der Waals surface area contributed by atoms with Gasteiger partial charge in [-0.15, -0.1) is 6.42 Å². The predicted octanol–water partition coefficient (Wildman–Crippen LogP) is 2.12. The van der Waals surface area contributed by atoms with Gasteiger partial charge >= 0.3 is 6.09 Å². The number of amides is 1. The summed E-state index contributed by atoms with van der Waals surface area (Å²) in [6.45, 7) is 11.2. The van der Waals surface area contributed by atoms with Crippen LogP contribution in [0.5, 0.6) is 0 Å². The third-order valence-electron chi connectivity index (χ3n) is 3.50. The van der Waals surface area contributed by atoms with Crippen LogP contribution in [-0.2, 0) is 9.16 Å². The zero-order valence-corrected chi connectivity index (χ0v) is 12.2. The van der Waals surface area contributed by atoms with Crippen molar-refractivity contribution in [2.24, 2.45) is 0 Å². The highest BCUT2D eigenvalue weighted by atomic mass is 28.4. The van der Waals surface area contributed by atoms with E-state index in [0.29, 0.717) is 6.61 Å². The number of cyclic esters (lactones) is 1. The summed E-state index contributed by atoms with van der Waals surface area (Å²) in [7, 11) is -1.81. The molecular formula is C12H21NO3Si. The van der Waals surface area contributed by atoms with Gasteiger partial charge in [0.15, 0.2) is 14.4 Å². The number of hydrogen-bond donors (Lipinski definition) is 1. The van der Waals surface area contributed by atoms with E-state index < -0.39 is 20.5 Å². The maximum Gasteiger partial charge on any atom is 0.408 e. The van der Waals surface area contributed by atoms with E-state index in [2.05, 4.69) is 45.1 Å². The number of alkyl carbamates (subject to hydrolysis) is 1. The molecule has 96 valence electrons. The summed E-state index contributed by atoms with van der Waals surface area (Å²) in [5.41, 5.74) is 0. The lowest BCUT2D eigenvalue weighted by molar-refractivity contribution is 0.149. The Labute approximate surface area is 104 Å². The molecule has 1 saturated heterocycles. The van der Waals surface area contributed by atoms with E-state index in [4.69, 9.17) is 15.6 Å². The van der Waals surface area contributed by atoms with Crippen LogP contribution in [0.1, 0.15) is 20.8 Å². The summed E-state index contributed by atoms with van der Waals surface area (Å²) in [5.74, 6) is 2.45. The number of carbonyl (C=O) groups is 1. The van der Waals surface area contributed by atoms with E-state index in [1.807, 2.05) is 0 Å². The first kappa shape index (κ1) is 14.1. The van der Waals surface area contributed by atoms with Crippen LogP contribution >= 0.6 is 0 Å². The lowest BCUT2D eigenvalue weighted by atomic mass is 10.2. The Morgan fingerprint density at radius 3 is 2.59 bits per heavy atom. The third-order valence-corrected chi connectivity index (χ3v) is 8.00. The second-order valence-electron chi connectivity index (χ2n) is 5.81. The Kier molecular flexibility index (Phi) is 3.90. The van der Waals surface area contributed by atoms with Gasteiger partial charge in [-0.3, -0.25) is 0 Å². The van der Waals surface area contributed by atoms with Gasteiger partial charge in [0, 0.05) is 0 Å². The Hall–Kier alpha value is -0.993. The van der Waals surface area contributed by atoms with E-state index in [1.165, 1.54) is 0 Å². The van der Waals surface area contributed by atoms with Gasteiger partial charge in [-0.05, 0) is 18.1 Å². The van der Waals surface area contributed by atoms with Crippen molar-refractivity contribution in [3.05, 3.63) is 0 Å². The summed E-state index contributed by atoms with van der Waals surface area (Å²) in [4.78, 5) is 11.1. The van der Waals surface area contributed by atoms with Crippen molar-refractivity contribution in [2.75, 3.05) is 6.61 Å². The molecule has 1 rings (SSSR count). The minimum atomic E-state index is -1.81. The molecule has 0 saturated carbocycles. The van der Waals surface area contributed by atoms with E-state index in [0.717, 1.165) is 0 Å². The van der Waals surface area contributed by atoms with Crippen LogP contribution in [0.25, 0.3) is 0 Å². The summed E-state index contributed by atoms with van der Waals surface area (Å²) in [6, 6.07) is -0.235. The maximum atomic E-state index is 11.1. The van der Waals surface area contributed by atoms with E-state index in [9.17, 15) is 4.79 Å². The molecule has 0 unspecified atom stereocenters. The third kappa shape index (κ3) is 3.24. The fourth-order valence-corrected chi connectivity index (χ4v) is 2.28. The molecule has 17 heavy (non-hydrogen) atoms. The van der Waals surface area contributed by atoms with Gasteiger partial charge in [-0.25, -0.2) is 4.79 Å². The fourth-order valence-electron chi connectivity index (χ4n) is 1.25. The molecule has 1 aliphatic heterocycles. The molecule has 0 aromatic rings. The molecule has 1 amide bonds. The molecule has 1 heterocycles. The van der Waals surface area contributed by atoms with Gasteiger partial charge in [0.05, 0.1) is 6.61 Å². The van der Waals surface area contributed by atoms with Crippen molar-refractivity contribution in [2.45, 2.75) is 51.0 Å². The van der Waals surface area contributed by atoms with Gasteiger partial charge < -0.3 is 14.5 Å². The van der Waals surface area contributed by atoms with Crippen LogP contribution in [-0.4, -0.2) is 33.2 Å². The number of carbonyl (C=O) groups excluding carboxylic acids is 1. The molecule has 4 nitrogen and oxygen atoms in total. The Balaban J connectivity index is 2.57. The predicted molar refractivity (Wildman–Crippen MR) is 69.2 cm³/mol. The van der Waals surface area contributed by atoms with Crippen molar-refractivity contribution in [3.8, 4) is 12.3 Å². The number of terminal acetylenes is 1. The molecule has 1 aliphatic rings. The fraction of sp³-hybridized carbons (Fsp3) is 0.750. The summed E-state index contributed by atoms with van der Waals surface area (Å²) in [6.07, 6.45) is 4.32. The first-order valence-corrected chi connectivity index (χ1v) is 8.65. The lowest BCUT2D eigenvalue weighted by Gasteiger charge is -2.36. The Morgan fingerprint density at radius 1 is 1.53 bits per heavy atom. The number of rotatable bonds is 3. The van der Waals surface area contributed by atoms with E-state index in [-0.39, 0.29) is 11.1 Å².